The molecule has 1 atom stereocenters. The molecule has 1 unspecified atom stereocenters. The molecule has 0 saturated carbocycles. The minimum absolute atomic E-state index is 0.300. The third-order valence-corrected chi connectivity index (χ3v) is 3.26. The largest absolute Gasteiger partial charge is 0.497 e. The van der Waals surface area contributed by atoms with Crippen LogP contribution in [-0.2, 0) is 9.53 Å². The molecule has 4 nitrogen and oxygen atoms in total. The summed E-state index contributed by atoms with van der Waals surface area (Å²) >= 11 is 0. The molecule has 0 bridgehead atoms. The molecule has 1 aromatic rings. The molecular formula is C16H18O4. The minimum atomic E-state index is -0.561. The van der Waals surface area contributed by atoms with E-state index < -0.39 is 6.10 Å². The number of ether oxygens (including phenoxy) is 3. The Morgan fingerprint density at radius 2 is 2.10 bits per heavy atom. The highest BCUT2D eigenvalue weighted by Crippen LogP contribution is 2.33. The Kier molecular flexibility index (Phi) is 4.45. The average molecular weight is 274 g/mol. The van der Waals surface area contributed by atoms with Gasteiger partial charge >= 0.3 is 5.97 Å². The van der Waals surface area contributed by atoms with Crippen molar-refractivity contribution < 1.29 is 19.0 Å². The lowest BCUT2D eigenvalue weighted by molar-refractivity contribution is -0.143. The first-order chi connectivity index (χ1) is 9.69. The van der Waals surface area contributed by atoms with E-state index in [1.165, 1.54) is 0 Å². The fourth-order valence-corrected chi connectivity index (χ4v) is 1.97. The second-order valence-electron chi connectivity index (χ2n) is 4.44. The Morgan fingerprint density at radius 3 is 2.60 bits per heavy atom. The van der Waals surface area contributed by atoms with E-state index >= 15 is 0 Å². The van der Waals surface area contributed by atoms with Crippen molar-refractivity contribution in [3.63, 3.8) is 0 Å². The topological polar surface area (TPSA) is 44.8 Å². The molecule has 0 aromatic heterocycles. The van der Waals surface area contributed by atoms with Crippen molar-refractivity contribution in [2.45, 2.75) is 18.9 Å². The fraction of sp³-hybridized carbons (Fsp3) is 0.312. The van der Waals surface area contributed by atoms with E-state index in [0.717, 1.165) is 24.0 Å². The molecule has 1 aliphatic rings. The van der Waals surface area contributed by atoms with Crippen LogP contribution in [0.25, 0.3) is 0 Å². The number of allylic oxidation sites excluding steroid dienone is 1. The quantitative estimate of drug-likeness (QED) is 0.590. The summed E-state index contributed by atoms with van der Waals surface area (Å²) in [5, 5.41) is 0. The first-order valence-electron chi connectivity index (χ1n) is 6.44. The Labute approximate surface area is 118 Å². The summed E-state index contributed by atoms with van der Waals surface area (Å²) in [5.74, 6) is 1.00. The van der Waals surface area contributed by atoms with Gasteiger partial charge in [-0.2, -0.15) is 0 Å². The van der Waals surface area contributed by atoms with Crippen LogP contribution in [0.2, 0.25) is 0 Å². The zero-order valence-electron chi connectivity index (χ0n) is 11.7. The van der Waals surface area contributed by atoms with E-state index in [4.69, 9.17) is 14.2 Å². The summed E-state index contributed by atoms with van der Waals surface area (Å²) in [5.41, 5.74) is 1.44. The van der Waals surface area contributed by atoms with Gasteiger partial charge in [-0.25, -0.2) is 4.79 Å². The van der Waals surface area contributed by atoms with Crippen molar-refractivity contribution in [3.05, 3.63) is 48.1 Å². The van der Waals surface area contributed by atoms with Gasteiger partial charge in [0.15, 0.2) is 0 Å². The summed E-state index contributed by atoms with van der Waals surface area (Å²) < 4.78 is 16.0. The van der Waals surface area contributed by atoms with E-state index in [0.29, 0.717) is 11.5 Å². The monoisotopic (exact) mass is 274 g/mol. The average Bonchev–Trinajstić information content (AvgIpc) is 2.42. The van der Waals surface area contributed by atoms with Crippen LogP contribution >= 0.6 is 0 Å². The molecule has 0 radical (unpaired) electrons. The van der Waals surface area contributed by atoms with Crippen LogP contribution in [0.5, 0.6) is 11.5 Å². The number of carbonyl (C=O) groups excluding carboxylic acids is 1. The number of hydrogen-bond acceptors (Lipinski definition) is 4. The van der Waals surface area contributed by atoms with Gasteiger partial charge < -0.3 is 14.2 Å². The van der Waals surface area contributed by atoms with Gasteiger partial charge in [-0.15, -0.1) is 0 Å². The number of esters is 1. The Hall–Kier alpha value is -2.23. The van der Waals surface area contributed by atoms with Crippen molar-refractivity contribution in [1.82, 2.24) is 0 Å². The van der Waals surface area contributed by atoms with Gasteiger partial charge in [0.05, 0.1) is 14.2 Å². The summed E-state index contributed by atoms with van der Waals surface area (Å²) in [6, 6.07) is 5.35. The minimum Gasteiger partial charge on any atom is -0.497 e. The second-order valence-corrected chi connectivity index (χ2v) is 4.44. The van der Waals surface area contributed by atoms with E-state index in [2.05, 4.69) is 6.58 Å². The molecule has 0 aliphatic heterocycles. The van der Waals surface area contributed by atoms with Crippen molar-refractivity contribution in [2.24, 2.45) is 0 Å². The molecule has 4 heteroatoms. The molecule has 0 N–H and O–H groups in total. The lowest BCUT2D eigenvalue weighted by Crippen LogP contribution is -2.15. The molecular weight excluding hydrogens is 256 g/mol. The van der Waals surface area contributed by atoms with Crippen molar-refractivity contribution in [1.29, 1.82) is 0 Å². The predicted octanol–water partition coefficient (Wildman–Crippen LogP) is 3.19. The predicted molar refractivity (Wildman–Crippen MR) is 75.9 cm³/mol. The zero-order valence-corrected chi connectivity index (χ0v) is 11.7. The highest BCUT2D eigenvalue weighted by atomic mass is 16.5. The van der Waals surface area contributed by atoms with Gasteiger partial charge in [0.2, 0.25) is 0 Å². The summed E-state index contributed by atoms with van der Waals surface area (Å²) in [7, 11) is 3.15. The SMILES string of the molecule is C=CC(OC(=O)C1=CCC1)c1cc(OC)ccc1OC. The van der Waals surface area contributed by atoms with Crippen LogP contribution in [0.4, 0.5) is 0 Å². The first kappa shape index (κ1) is 14.2. The number of benzene rings is 1. The maximum Gasteiger partial charge on any atom is 0.334 e. The molecule has 0 amide bonds. The lowest BCUT2D eigenvalue weighted by Gasteiger charge is -2.20. The number of rotatable bonds is 6. The Bertz CT molecular complexity index is 545. The van der Waals surface area contributed by atoms with Crippen LogP contribution in [0.1, 0.15) is 24.5 Å². The molecule has 1 aliphatic carbocycles. The molecule has 1 aromatic carbocycles. The zero-order chi connectivity index (χ0) is 14.5. The van der Waals surface area contributed by atoms with Crippen LogP contribution in [-0.4, -0.2) is 20.2 Å². The van der Waals surface area contributed by atoms with E-state index in [1.807, 2.05) is 6.08 Å². The van der Waals surface area contributed by atoms with Crippen LogP contribution < -0.4 is 9.47 Å². The first-order valence-corrected chi connectivity index (χ1v) is 6.44. The molecule has 20 heavy (non-hydrogen) atoms. The highest BCUT2D eigenvalue weighted by molar-refractivity contribution is 5.90. The van der Waals surface area contributed by atoms with Gasteiger partial charge in [0.25, 0.3) is 0 Å². The maximum atomic E-state index is 11.9. The lowest BCUT2D eigenvalue weighted by atomic mass is 9.99. The Morgan fingerprint density at radius 1 is 1.35 bits per heavy atom. The molecule has 0 heterocycles. The van der Waals surface area contributed by atoms with Crippen LogP contribution in [0, 0.1) is 0 Å². The smallest absolute Gasteiger partial charge is 0.334 e. The number of hydrogen-bond donors (Lipinski definition) is 0. The van der Waals surface area contributed by atoms with Gasteiger partial charge in [-0.1, -0.05) is 12.7 Å². The van der Waals surface area contributed by atoms with Crippen molar-refractivity contribution in [2.75, 3.05) is 14.2 Å². The van der Waals surface area contributed by atoms with E-state index in [1.54, 1.807) is 38.5 Å². The van der Waals surface area contributed by atoms with Gasteiger partial charge in [0, 0.05) is 11.1 Å². The molecule has 106 valence electrons. The number of carbonyl (C=O) groups is 1. The molecule has 0 spiro atoms. The third kappa shape index (κ3) is 2.85. The Balaban J connectivity index is 2.25. The molecule has 0 fully saturated rings. The molecule has 0 saturated heterocycles. The second kappa shape index (κ2) is 6.28. The van der Waals surface area contributed by atoms with E-state index in [9.17, 15) is 4.79 Å². The van der Waals surface area contributed by atoms with Crippen molar-refractivity contribution >= 4 is 5.97 Å². The highest BCUT2D eigenvalue weighted by Gasteiger charge is 2.22. The normalized spacial score (nSPS) is 14.6. The third-order valence-electron chi connectivity index (χ3n) is 3.26. The van der Waals surface area contributed by atoms with Gasteiger partial charge in [-0.05, 0) is 37.1 Å². The van der Waals surface area contributed by atoms with Crippen LogP contribution in [0.15, 0.2) is 42.5 Å². The van der Waals surface area contributed by atoms with Crippen molar-refractivity contribution in [3.8, 4) is 11.5 Å². The van der Waals surface area contributed by atoms with Gasteiger partial charge in [-0.3, -0.25) is 0 Å². The fourth-order valence-electron chi connectivity index (χ4n) is 1.97. The summed E-state index contributed by atoms with van der Waals surface area (Å²) in [6.45, 7) is 3.73. The summed E-state index contributed by atoms with van der Waals surface area (Å²) in [6.07, 6.45) is 4.61. The standard InChI is InChI=1S/C16H18O4/c1-4-14(20-16(17)11-6-5-7-11)13-10-12(18-2)8-9-15(13)19-3/h4,6,8-10,14H,1,5,7H2,2-3H3. The van der Waals surface area contributed by atoms with E-state index in [-0.39, 0.29) is 5.97 Å². The molecule has 2 rings (SSSR count). The van der Waals surface area contributed by atoms with Crippen LogP contribution in [0.3, 0.4) is 0 Å². The summed E-state index contributed by atoms with van der Waals surface area (Å²) in [4.78, 5) is 11.9. The maximum absolute atomic E-state index is 11.9. The number of methoxy groups -OCH3 is 2. The van der Waals surface area contributed by atoms with Gasteiger partial charge in [0.1, 0.15) is 17.6 Å².